The summed E-state index contributed by atoms with van der Waals surface area (Å²) >= 11 is 0. The van der Waals surface area contributed by atoms with Gasteiger partial charge in [0.2, 0.25) is 0 Å². The molecule has 0 aliphatic heterocycles. The number of methoxy groups -OCH3 is 1. The van der Waals surface area contributed by atoms with E-state index >= 15 is 0 Å². The minimum atomic E-state index is -0.919. The molecule has 0 heterocycles. The first-order valence-electron chi connectivity index (χ1n) is 5.34. The van der Waals surface area contributed by atoms with Crippen LogP contribution in [0.4, 0.5) is 4.39 Å². The Labute approximate surface area is 85.6 Å². The van der Waals surface area contributed by atoms with Crippen molar-refractivity contribution in [2.24, 2.45) is 4.99 Å². The monoisotopic (exact) mass is 201 g/mol. The van der Waals surface area contributed by atoms with Crippen molar-refractivity contribution < 1.29 is 9.13 Å². The molecule has 0 aromatic heterocycles. The van der Waals surface area contributed by atoms with E-state index in [0.717, 1.165) is 25.7 Å². The van der Waals surface area contributed by atoms with Gasteiger partial charge in [-0.25, -0.2) is 4.39 Å². The van der Waals surface area contributed by atoms with Crippen LogP contribution in [0.15, 0.2) is 4.99 Å². The third-order valence-corrected chi connectivity index (χ3v) is 2.89. The molecule has 0 spiro atoms. The molecule has 0 aromatic rings. The Morgan fingerprint density at radius 2 is 2.21 bits per heavy atom. The largest absolute Gasteiger partial charge is 0.381 e. The normalized spacial score (nSPS) is 31.6. The van der Waals surface area contributed by atoms with Crippen molar-refractivity contribution in [1.82, 2.24) is 0 Å². The predicted octanol–water partition coefficient (Wildman–Crippen LogP) is 2.76. The topological polar surface area (TPSA) is 21.6 Å². The summed E-state index contributed by atoms with van der Waals surface area (Å²) < 4.78 is 18.2. The van der Waals surface area contributed by atoms with Crippen LogP contribution in [0.1, 0.15) is 39.5 Å². The lowest BCUT2D eigenvalue weighted by Crippen LogP contribution is -2.25. The van der Waals surface area contributed by atoms with Crippen LogP contribution in [0.3, 0.4) is 0 Å². The molecule has 0 bridgehead atoms. The van der Waals surface area contributed by atoms with E-state index in [0.29, 0.717) is 11.8 Å². The van der Waals surface area contributed by atoms with Gasteiger partial charge in [0.05, 0.1) is 12.1 Å². The predicted molar refractivity (Wildman–Crippen MR) is 56.7 cm³/mol. The van der Waals surface area contributed by atoms with Gasteiger partial charge in [-0.1, -0.05) is 0 Å². The van der Waals surface area contributed by atoms with E-state index in [1.54, 1.807) is 14.0 Å². The van der Waals surface area contributed by atoms with E-state index in [9.17, 15) is 4.39 Å². The van der Waals surface area contributed by atoms with Gasteiger partial charge in [-0.2, -0.15) is 0 Å². The number of aliphatic imine (C=N–C) groups is 1. The fourth-order valence-electron chi connectivity index (χ4n) is 1.84. The number of nitrogens with zero attached hydrogens (tertiary/aromatic N) is 1. The lowest BCUT2D eigenvalue weighted by atomic mass is 9.93. The van der Waals surface area contributed by atoms with Gasteiger partial charge in [-0.3, -0.25) is 4.99 Å². The second-order valence-corrected chi connectivity index (χ2v) is 4.06. The molecule has 0 saturated heterocycles. The molecule has 1 saturated carbocycles. The van der Waals surface area contributed by atoms with Gasteiger partial charge < -0.3 is 4.74 Å². The molecule has 1 rings (SSSR count). The van der Waals surface area contributed by atoms with Crippen molar-refractivity contribution in [2.45, 2.75) is 57.8 Å². The minimum absolute atomic E-state index is 0.270. The van der Waals surface area contributed by atoms with Gasteiger partial charge in [-0.15, -0.1) is 0 Å². The van der Waals surface area contributed by atoms with Crippen LogP contribution >= 0.6 is 0 Å². The van der Waals surface area contributed by atoms with Crippen LogP contribution in [0.2, 0.25) is 0 Å². The Kier molecular flexibility index (Phi) is 4.52. The number of ether oxygens (including phenoxy) is 1. The summed E-state index contributed by atoms with van der Waals surface area (Å²) in [4.78, 5) is 4.40. The van der Waals surface area contributed by atoms with Gasteiger partial charge in [0, 0.05) is 12.8 Å². The van der Waals surface area contributed by atoms with Gasteiger partial charge in [0.15, 0.2) is 0 Å². The van der Waals surface area contributed by atoms with Crippen LogP contribution in [0, 0.1) is 0 Å². The van der Waals surface area contributed by atoms with Crippen LogP contribution < -0.4 is 0 Å². The van der Waals surface area contributed by atoms with Crippen molar-refractivity contribution in [3.63, 3.8) is 0 Å². The first kappa shape index (κ1) is 11.6. The molecule has 14 heavy (non-hydrogen) atoms. The molecule has 1 aliphatic carbocycles. The maximum Gasteiger partial charge on any atom is 0.135 e. The zero-order valence-corrected chi connectivity index (χ0v) is 9.29. The van der Waals surface area contributed by atoms with Crippen molar-refractivity contribution in [2.75, 3.05) is 7.11 Å². The summed E-state index contributed by atoms with van der Waals surface area (Å²) in [5.74, 6) is 0. The zero-order valence-electron chi connectivity index (χ0n) is 9.29. The Morgan fingerprint density at radius 1 is 1.50 bits per heavy atom. The highest BCUT2D eigenvalue weighted by Gasteiger charge is 2.21. The molecule has 0 N–H and O–H groups in total. The quantitative estimate of drug-likeness (QED) is 0.643. The fourth-order valence-corrected chi connectivity index (χ4v) is 1.84. The molecule has 0 amide bonds. The van der Waals surface area contributed by atoms with Gasteiger partial charge in [0.25, 0.3) is 0 Å². The number of hydrogen-bond donors (Lipinski definition) is 0. The number of rotatable bonds is 3. The lowest BCUT2D eigenvalue weighted by molar-refractivity contribution is 0.0647. The highest BCUT2D eigenvalue weighted by atomic mass is 19.1. The summed E-state index contributed by atoms with van der Waals surface area (Å²) in [5, 5.41) is 0. The van der Waals surface area contributed by atoms with Crippen LogP contribution in [-0.4, -0.2) is 31.1 Å². The Hall–Kier alpha value is -0.440. The molecule has 1 aliphatic rings. The second kappa shape index (κ2) is 5.44. The third kappa shape index (κ3) is 3.37. The molecule has 3 heteroatoms. The van der Waals surface area contributed by atoms with E-state index in [2.05, 4.69) is 4.99 Å². The third-order valence-electron chi connectivity index (χ3n) is 2.89. The summed E-state index contributed by atoms with van der Waals surface area (Å²) in [6, 6.07) is 0.270. The average Bonchev–Trinajstić information content (AvgIpc) is 2.18. The number of alkyl halides is 1. The van der Waals surface area contributed by atoms with Crippen molar-refractivity contribution >= 4 is 5.71 Å². The van der Waals surface area contributed by atoms with Crippen molar-refractivity contribution in [3.8, 4) is 0 Å². The van der Waals surface area contributed by atoms with E-state index in [4.69, 9.17) is 4.74 Å². The standard InChI is InChI=1S/C11H20FNO/c1-8(12)9(2)13-10-5-4-6-11(7-10)14-3/h8,10-11H,4-7H2,1-3H3. The molecule has 82 valence electrons. The Bertz CT molecular complexity index is 203. The van der Waals surface area contributed by atoms with E-state index in [1.807, 2.05) is 0 Å². The van der Waals surface area contributed by atoms with Crippen molar-refractivity contribution in [1.29, 1.82) is 0 Å². The molecule has 2 nitrogen and oxygen atoms in total. The molecule has 3 atom stereocenters. The van der Waals surface area contributed by atoms with E-state index < -0.39 is 6.17 Å². The van der Waals surface area contributed by atoms with Gasteiger partial charge in [-0.05, 0) is 39.5 Å². The average molecular weight is 201 g/mol. The number of halogens is 1. The molecular formula is C11H20FNO. The minimum Gasteiger partial charge on any atom is -0.381 e. The molecule has 3 unspecified atom stereocenters. The highest BCUT2D eigenvalue weighted by Crippen LogP contribution is 2.23. The zero-order chi connectivity index (χ0) is 10.6. The van der Waals surface area contributed by atoms with E-state index in [1.165, 1.54) is 6.92 Å². The highest BCUT2D eigenvalue weighted by molar-refractivity contribution is 5.86. The summed E-state index contributed by atoms with van der Waals surface area (Å²) in [5.41, 5.74) is 0.617. The molecule has 0 radical (unpaired) electrons. The Morgan fingerprint density at radius 3 is 2.79 bits per heavy atom. The van der Waals surface area contributed by atoms with Crippen molar-refractivity contribution in [3.05, 3.63) is 0 Å². The second-order valence-electron chi connectivity index (χ2n) is 4.06. The fraction of sp³-hybridized carbons (Fsp3) is 0.909. The van der Waals surface area contributed by atoms with Gasteiger partial charge in [0.1, 0.15) is 6.17 Å². The molecular weight excluding hydrogens is 181 g/mol. The summed E-state index contributed by atoms with van der Waals surface area (Å²) in [6.45, 7) is 3.30. The van der Waals surface area contributed by atoms with Crippen LogP contribution in [0.5, 0.6) is 0 Å². The molecule has 1 fully saturated rings. The van der Waals surface area contributed by atoms with Gasteiger partial charge >= 0.3 is 0 Å². The number of hydrogen-bond acceptors (Lipinski definition) is 2. The van der Waals surface area contributed by atoms with Crippen LogP contribution in [0.25, 0.3) is 0 Å². The smallest absolute Gasteiger partial charge is 0.135 e. The first-order valence-corrected chi connectivity index (χ1v) is 5.34. The molecule has 0 aromatic carbocycles. The first-order chi connectivity index (χ1) is 6.63. The van der Waals surface area contributed by atoms with E-state index in [-0.39, 0.29) is 6.04 Å². The maximum atomic E-state index is 12.9. The van der Waals surface area contributed by atoms with Crippen LogP contribution in [-0.2, 0) is 4.74 Å². The SMILES string of the molecule is COC1CCCC(N=C(C)C(C)F)C1. The maximum absolute atomic E-state index is 12.9. The summed E-state index contributed by atoms with van der Waals surface area (Å²) in [7, 11) is 1.74. The lowest BCUT2D eigenvalue weighted by Gasteiger charge is -2.26. The Balaban J connectivity index is 2.48. The summed E-state index contributed by atoms with van der Waals surface area (Å²) in [6.07, 6.45) is 3.68.